The van der Waals surface area contributed by atoms with Crippen molar-refractivity contribution >= 4 is 33.6 Å². The summed E-state index contributed by atoms with van der Waals surface area (Å²) in [4.78, 5) is 41.8. The number of hydrogen-bond donors (Lipinski definition) is 5. The van der Waals surface area contributed by atoms with E-state index in [1.807, 2.05) is 36.4 Å². The zero-order valence-corrected chi connectivity index (χ0v) is 23.2. The number of nitrogens with one attached hydrogen (secondary N) is 1. The topological polar surface area (TPSA) is 201 Å². The number of cyclic esters (lactones) is 1. The Morgan fingerprint density at radius 1 is 1.23 bits per heavy atom. The minimum absolute atomic E-state index is 0.0263. The molecule has 0 saturated carbocycles. The molecule has 1 unspecified atom stereocenters. The van der Waals surface area contributed by atoms with Crippen molar-refractivity contribution in [3.8, 4) is 11.4 Å². The van der Waals surface area contributed by atoms with Gasteiger partial charge < -0.3 is 40.9 Å². The number of esters is 1. The van der Waals surface area contributed by atoms with Crippen LogP contribution in [0.3, 0.4) is 0 Å². The summed E-state index contributed by atoms with van der Waals surface area (Å²) in [5.74, 6) is 5.38. The second-order valence-corrected chi connectivity index (χ2v) is 10.4. The number of nitrogens with two attached hydrogens (primary N) is 3. The smallest absolute Gasteiger partial charge is 0.340 e. The van der Waals surface area contributed by atoms with Crippen molar-refractivity contribution in [2.75, 3.05) is 19.9 Å². The Bertz CT molecular complexity index is 1870. The Balaban J connectivity index is 1.38. The molecule has 0 spiro atoms. The summed E-state index contributed by atoms with van der Waals surface area (Å²) in [7, 11) is 0. The highest BCUT2D eigenvalue weighted by atomic mass is 16.5. The lowest BCUT2D eigenvalue weighted by Crippen LogP contribution is -2.32. The van der Waals surface area contributed by atoms with Crippen LogP contribution < -0.4 is 28.2 Å². The van der Waals surface area contributed by atoms with Crippen molar-refractivity contribution < 1.29 is 24.2 Å². The summed E-state index contributed by atoms with van der Waals surface area (Å²) in [6.45, 7) is 0.457. The van der Waals surface area contributed by atoms with Crippen LogP contribution in [0.15, 0.2) is 59.2 Å². The number of aliphatic hydroxyl groups is 1. The maximum absolute atomic E-state index is 13.5. The Kier molecular flexibility index (Phi) is 7.54. The summed E-state index contributed by atoms with van der Waals surface area (Å²) in [5, 5.41) is 17.4. The molecule has 2 aromatic carbocycles. The number of hydrogen-bond acceptors (Lipinski definition) is 11. The molecule has 0 aliphatic carbocycles. The molecule has 1 amide bonds. The first kappa shape index (κ1) is 28.3. The van der Waals surface area contributed by atoms with Gasteiger partial charge in [-0.3, -0.25) is 9.59 Å². The van der Waals surface area contributed by atoms with E-state index in [0.29, 0.717) is 29.0 Å². The number of fused-ring (bicyclic) bond motifs is 7. The molecule has 43 heavy (non-hydrogen) atoms. The lowest BCUT2D eigenvalue weighted by Gasteiger charge is -2.21. The van der Waals surface area contributed by atoms with Gasteiger partial charge in [0.05, 0.1) is 48.7 Å². The molecule has 0 bridgehead atoms. The van der Waals surface area contributed by atoms with E-state index in [-0.39, 0.29) is 62.2 Å². The van der Waals surface area contributed by atoms with Crippen LogP contribution in [-0.4, -0.2) is 51.4 Å². The number of benzene rings is 2. The number of amides is 1. The minimum Gasteiger partial charge on any atom is -0.458 e. The van der Waals surface area contributed by atoms with Crippen molar-refractivity contribution in [1.29, 1.82) is 0 Å². The van der Waals surface area contributed by atoms with Crippen molar-refractivity contribution in [2.45, 2.75) is 32.2 Å². The van der Waals surface area contributed by atoms with Crippen LogP contribution in [0.5, 0.6) is 0 Å². The maximum atomic E-state index is 13.5. The monoisotopic (exact) mass is 585 g/mol. The average molecular weight is 586 g/mol. The van der Waals surface area contributed by atoms with E-state index in [1.54, 1.807) is 16.8 Å². The fraction of sp³-hybridized carbons (Fsp3) is 0.267. The van der Waals surface area contributed by atoms with Gasteiger partial charge in [0, 0.05) is 34.8 Å². The molecule has 0 saturated heterocycles. The van der Waals surface area contributed by atoms with Crippen LogP contribution in [0.1, 0.15) is 34.8 Å². The third kappa shape index (κ3) is 5.19. The highest BCUT2D eigenvalue weighted by molar-refractivity contribution is 6.09. The Labute approximate surface area is 245 Å². The van der Waals surface area contributed by atoms with E-state index < -0.39 is 12.1 Å². The first-order valence-corrected chi connectivity index (χ1v) is 13.7. The Hall–Kier alpha value is -4.82. The van der Waals surface area contributed by atoms with E-state index in [0.717, 1.165) is 27.3 Å². The van der Waals surface area contributed by atoms with Crippen LogP contribution >= 0.6 is 0 Å². The number of carbonyl (C=O) groups excluding carboxylic acids is 2. The third-order valence-corrected chi connectivity index (χ3v) is 7.73. The lowest BCUT2D eigenvalue weighted by atomic mass is 9.95. The predicted molar refractivity (Wildman–Crippen MR) is 157 cm³/mol. The van der Waals surface area contributed by atoms with E-state index in [2.05, 4.69) is 5.32 Å². The lowest BCUT2D eigenvalue weighted by molar-refractivity contribution is -0.157. The Morgan fingerprint density at radius 2 is 2.05 bits per heavy atom. The fourth-order valence-corrected chi connectivity index (χ4v) is 5.64. The van der Waals surface area contributed by atoms with E-state index in [4.69, 9.17) is 31.8 Å². The van der Waals surface area contributed by atoms with Gasteiger partial charge in [0.15, 0.2) is 6.10 Å². The van der Waals surface area contributed by atoms with E-state index >= 15 is 0 Å². The highest BCUT2D eigenvalue weighted by Gasteiger charge is 2.35. The van der Waals surface area contributed by atoms with Crippen LogP contribution in [0.25, 0.3) is 33.1 Å². The van der Waals surface area contributed by atoms with Crippen molar-refractivity contribution in [3.63, 3.8) is 0 Å². The molecule has 2 aliphatic heterocycles. The minimum atomic E-state index is -1.54. The van der Waals surface area contributed by atoms with Gasteiger partial charge in [-0.2, -0.15) is 0 Å². The quantitative estimate of drug-likeness (QED) is 0.0405. The summed E-state index contributed by atoms with van der Waals surface area (Å²) >= 11 is 0. The van der Waals surface area contributed by atoms with Gasteiger partial charge >= 0.3 is 5.97 Å². The molecule has 2 aromatic heterocycles. The second-order valence-electron chi connectivity index (χ2n) is 10.4. The number of aromatic nitrogens is 2. The summed E-state index contributed by atoms with van der Waals surface area (Å²) in [6, 6.07) is 13.5. The SMILES string of the molecule is NCC(=O)NCOCC/C(N)=C/N(N)Cc1c2c(nc3ccc4ccccc4c13)-c1cc3c(c(=O)n1C2)COC(=O)C3O. The number of nitrogens with zero attached hydrogens (tertiary/aromatic N) is 3. The fourth-order valence-electron chi connectivity index (χ4n) is 5.64. The van der Waals surface area contributed by atoms with Gasteiger partial charge in [-0.1, -0.05) is 30.3 Å². The molecular weight excluding hydrogens is 554 g/mol. The van der Waals surface area contributed by atoms with Gasteiger partial charge in [-0.25, -0.2) is 15.6 Å². The van der Waals surface area contributed by atoms with Gasteiger partial charge in [-0.15, -0.1) is 0 Å². The highest BCUT2D eigenvalue weighted by Crippen LogP contribution is 2.40. The van der Waals surface area contributed by atoms with Gasteiger partial charge in [0.2, 0.25) is 5.91 Å². The van der Waals surface area contributed by atoms with Crippen molar-refractivity contribution in [3.05, 3.63) is 87.0 Å². The number of hydrazine groups is 1. The Morgan fingerprint density at radius 3 is 2.86 bits per heavy atom. The molecule has 4 aromatic rings. The van der Waals surface area contributed by atoms with E-state index in [1.165, 1.54) is 5.01 Å². The molecule has 0 radical (unpaired) electrons. The van der Waals surface area contributed by atoms with E-state index in [9.17, 15) is 19.5 Å². The van der Waals surface area contributed by atoms with Crippen molar-refractivity contribution in [2.24, 2.45) is 17.3 Å². The maximum Gasteiger partial charge on any atom is 0.340 e. The predicted octanol–water partition coefficient (Wildman–Crippen LogP) is 0.584. The zero-order chi connectivity index (χ0) is 30.2. The molecule has 6 rings (SSSR count). The average Bonchev–Trinajstić information content (AvgIpc) is 3.37. The van der Waals surface area contributed by atoms with Crippen LogP contribution in [0.4, 0.5) is 0 Å². The number of ether oxygens (including phenoxy) is 2. The number of aliphatic hydroxyl groups excluding tert-OH is 1. The van der Waals surface area contributed by atoms with Crippen LogP contribution in [-0.2, 0) is 38.8 Å². The first-order chi connectivity index (χ1) is 20.8. The molecule has 1 atom stereocenters. The third-order valence-electron chi connectivity index (χ3n) is 7.73. The number of carbonyl (C=O) groups is 2. The van der Waals surface area contributed by atoms with Gasteiger partial charge in [-0.05, 0) is 28.5 Å². The van der Waals surface area contributed by atoms with Gasteiger partial charge in [0.25, 0.3) is 5.56 Å². The number of pyridine rings is 2. The molecule has 0 fully saturated rings. The van der Waals surface area contributed by atoms with Gasteiger partial charge in [0.1, 0.15) is 13.3 Å². The molecule has 222 valence electrons. The first-order valence-electron chi connectivity index (χ1n) is 13.7. The summed E-state index contributed by atoms with van der Waals surface area (Å²) < 4.78 is 12.0. The number of rotatable bonds is 9. The zero-order valence-electron chi connectivity index (χ0n) is 23.2. The summed E-state index contributed by atoms with van der Waals surface area (Å²) in [6.07, 6.45) is 0.460. The summed E-state index contributed by atoms with van der Waals surface area (Å²) in [5.41, 5.74) is 15.6. The standard InChI is InChI=1S/C30H31N7O6/c31-10-25(38)34-15-42-8-7-17(32)11-36(33)12-20-21-13-37-24(9-19-22(29(37)40)14-43-30(41)28(19)39)27(21)35-23-6-5-16-3-1-2-4-18(16)26(20)23/h1-6,9,11,28,39H,7-8,10,12-15,31-33H2,(H,34,38)/b17-11-. The van der Waals surface area contributed by atoms with Crippen LogP contribution in [0, 0.1) is 0 Å². The molecule has 4 heterocycles. The molecule has 2 aliphatic rings. The van der Waals surface area contributed by atoms with Crippen LogP contribution in [0.2, 0.25) is 0 Å². The largest absolute Gasteiger partial charge is 0.458 e. The molecule has 13 nitrogen and oxygen atoms in total. The molecule has 8 N–H and O–H groups in total. The normalized spacial score (nSPS) is 15.7. The molecule has 13 heteroatoms. The second kappa shape index (κ2) is 11.5. The van der Waals surface area contributed by atoms with Crippen molar-refractivity contribution in [1.82, 2.24) is 19.9 Å². The molecular formula is C30H31N7O6.